The van der Waals surface area contributed by atoms with Crippen molar-refractivity contribution in [3.8, 4) is 0 Å². The summed E-state index contributed by atoms with van der Waals surface area (Å²) in [7, 11) is -1.69. The fourth-order valence-electron chi connectivity index (χ4n) is 1.15. The number of aromatic nitrogens is 3. The Bertz CT molecular complexity index is 389. The van der Waals surface area contributed by atoms with Crippen molar-refractivity contribution < 1.29 is 8.42 Å². The van der Waals surface area contributed by atoms with E-state index in [2.05, 4.69) is 20.5 Å². The van der Waals surface area contributed by atoms with Crippen LogP contribution in [0.1, 0.15) is 12.7 Å². The van der Waals surface area contributed by atoms with Gasteiger partial charge in [0.15, 0.2) is 0 Å². The molecule has 1 aromatic rings. The minimum Gasteiger partial charge on any atom is -0.316 e. The summed E-state index contributed by atoms with van der Waals surface area (Å²) in [5, 5.41) is 9.26. The van der Waals surface area contributed by atoms with Crippen LogP contribution in [0.5, 0.6) is 0 Å². The molecule has 0 fully saturated rings. The van der Waals surface area contributed by atoms with E-state index in [1.807, 2.05) is 6.92 Å². The predicted molar refractivity (Wildman–Crippen MR) is 60.2 cm³/mol. The van der Waals surface area contributed by atoms with E-state index in [1.165, 1.54) is 17.7 Å². The third-order valence-electron chi connectivity index (χ3n) is 2.10. The molecule has 0 saturated heterocycles. The molecule has 0 aliphatic carbocycles. The van der Waals surface area contributed by atoms with Gasteiger partial charge in [-0.05, 0) is 6.54 Å². The van der Waals surface area contributed by atoms with Gasteiger partial charge in [-0.3, -0.25) is 5.10 Å². The van der Waals surface area contributed by atoms with E-state index in [4.69, 9.17) is 0 Å². The largest absolute Gasteiger partial charge is 0.316 e. The van der Waals surface area contributed by atoms with Gasteiger partial charge < -0.3 is 5.32 Å². The van der Waals surface area contributed by atoms with E-state index in [-0.39, 0.29) is 12.3 Å². The molecular formula is C8H17N5O2S. The number of aromatic amines is 1. The van der Waals surface area contributed by atoms with Crippen LogP contribution in [-0.2, 0) is 16.6 Å². The van der Waals surface area contributed by atoms with Gasteiger partial charge in [0.1, 0.15) is 12.2 Å². The first-order valence-electron chi connectivity index (χ1n) is 5.05. The Balaban J connectivity index is 2.48. The standard InChI is InChI=1S/C8H17N5O2S/c1-3-9-4-5-16(14,15)13(2)6-8-10-7-11-12-8/h7,9H,3-6H2,1-2H3,(H,10,11,12). The number of hydrogen-bond acceptors (Lipinski definition) is 5. The van der Waals surface area contributed by atoms with Crippen molar-refractivity contribution in [2.45, 2.75) is 13.5 Å². The molecule has 0 aromatic carbocycles. The van der Waals surface area contributed by atoms with Gasteiger partial charge in [0.25, 0.3) is 0 Å². The highest BCUT2D eigenvalue weighted by atomic mass is 32.2. The Labute approximate surface area is 95.3 Å². The van der Waals surface area contributed by atoms with Crippen molar-refractivity contribution in [1.29, 1.82) is 0 Å². The summed E-state index contributed by atoms with van der Waals surface area (Å²) in [6.45, 7) is 3.38. The van der Waals surface area contributed by atoms with Gasteiger partial charge in [0, 0.05) is 13.6 Å². The Morgan fingerprint density at radius 1 is 1.56 bits per heavy atom. The number of nitrogens with zero attached hydrogens (tertiary/aromatic N) is 3. The topological polar surface area (TPSA) is 91.0 Å². The molecule has 0 aliphatic rings. The molecule has 1 rings (SSSR count). The summed E-state index contributed by atoms with van der Waals surface area (Å²) in [4.78, 5) is 3.88. The maximum Gasteiger partial charge on any atom is 0.215 e. The van der Waals surface area contributed by atoms with Gasteiger partial charge in [-0.25, -0.2) is 13.4 Å². The van der Waals surface area contributed by atoms with Crippen molar-refractivity contribution in [2.24, 2.45) is 0 Å². The molecule has 0 spiro atoms. The summed E-state index contributed by atoms with van der Waals surface area (Å²) in [6.07, 6.45) is 1.36. The second kappa shape index (κ2) is 5.92. The summed E-state index contributed by atoms with van der Waals surface area (Å²) in [5.74, 6) is 0.625. The molecule has 1 heterocycles. The average Bonchev–Trinajstić information content (AvgIpc) is 2.70. The van der Waals surface area contributed by atoms with Crippen molar-refractivity contribution in [3.63, 3.8) is 0 Å². The summed E-state index contributed by atoms with van der Waals surface area (Å²) >= 11 is 0. The van der Waals surface area contributed by atoms with Gasteiger partial charge in [-0.1, -0.05) is 6.92 Å². The third kappa shape index (κ3) is 3.87. The van der Waals surface area contributed by atoms with E-state index in [9.17, 15) is 8.42 Å². The van der Waals surface area contributed by atoms with Crippen LogP contribution < -0.4 is 5.32 Å². The predicted octanol–water partition coefficient (Wildman–Crippen LogP) is -0.824. The molecule has 0 aliphatic heterocycles. The molecule has 0 radical (unpaired) electrons. The molecule has 2 N–H and O–H groups in total. The Kier molecular flexibility index (Phi) is 4.84. The Hall–Kier alpha value is -0.990. The minimum absolute atomic E-state index is 0.0888. The number of hydrogen-bond donors (Lipinski definition) is 2. The maximum atomic E-state index is 11.8. The molecule has 7 nitrogen and oxygen atoms in total. The van der Waals surface area contributed by atoms with Gasteiger partial charge in [0.2, 0.25) is 10.0 Å². The van der Waals surface area contributed by atoms with E-state index in [0.29, 0.717) is 12.4 Å². The molecule has 0 bridgehead atoms. The van der Waals surface area contributed by atoms with Gasteiger partial charge in [-0.2, -0.15) is 9.40 Å². The van der Waals surface area contributed by atoms with Crippen molar-refractivity contribution >= 4 is 10.0 Å². The van der Waals surface area contributed by atoms with Crippen LogP contribution in [0.2, 0.25) is 0 Å². The minimum atomic E-state index is -3.23. The molecule has 0 unspecified atom stereocenters. The third-order valence-corrected chi connectivity index (χ3v) is 3.90. The first-order chi connectivity index (χ1) is 7.56. The second-order valence-corrected chi connectivity index (χ2v) is 5.55. The van der Waals surface area contributed by atoms with Crippen molar-refractivity contribution in [2.75, 3.05) is 25.9 Å². The average molecular weight is 247 g/mol. The van der Waals surface area contributed by atoms with E-state index in [0.717, 1.165) is 6.54 Å². The van der Waals surface area contributed by atoms with Crippen LogP contribution in [0.15, 0.2) is 6.33 Å². The van der Waals surface area contributed by atoms with Crippen LogP contribution in [0, 0.1) is 0 Å². The summed E-state index contributed by atoms with van der Waals surface area (Å²) in [5.41, 5.74) is 0. The number of sulfonamides is 1. The lowest BCUT2D eigenvalue weighted by molar-refractivity contribution is 0.456. The number of H-pyrrole nitrogens is 1. The number of nitrogens with one attached hydrogen (secondary N) is 2. The van der Waals surface area contributed by atoms with Crippen LogP contribution in [-0.4, -0.2) is 53.8 Å². The lowest BCUT2D eigenvalue weighted by atomic mass is 10.6. The Morgan fingerprint density at radius 2 is 2.31 bits per heavy atom. The van der Waals surface area contributed by atoms with Gasteiger partial charge in [0.05, 0.1) is 12.3 Å². The lowest BCUT2D eigenvalue weighted by Gasteiger charge is -2.15. The zero-order valence-electron chi connectivity index (χ0n) is 9.47. The molecule has 0 saturated carbocycles. The maximum absolute atomic E-state index is 11.8. The van der Waals surface area contributed by atoms with Crippen LogP contribution in [0.4, 0.5) is 0 Å². The summed E-state index contributed by atoms with van der Waals surface area (Å²) in [6, 6.07) is 0. The molecule has 92 valence electrons. The lowest BCUT2D eigenvalue weighted by Crippen LogP contribution is -2.33. The van der Waals surface area contributed by atoms with Crippen molar-refractivity contribution in [3.05, 3.63) is 12.2 Å². The van der Waals surface area contributed by atoms with Crippen LogP contribution in [0.3, 0.4) is 0 Å². The fraction of sp³-hybridized carbons (Fsp3) is 0.750. The highest BCUT2D eigenvalue weighted by Gasteiger charge is 2.18. The number of rotatable bonds is 7. The van der Waals surface area contributed by atoms with E-state index < -0.39 is 10.0 Å². The quantitative estimate of drug-likeness (QED) is 0.614. The monoisotopic (exact) mass is 247 g/mol. The normalized spacial score (nSPS) is 12.2. The van der Waals surface area contributed by atoms with E-state index in [1.54, 1.807) is 0 Å². The van der Waals surface area contributed by atoms with Crippen LogP contribution >= 0.6 is 0 Å². The molecular weight excluding hydrogens is 230 g/mol. The highest BCUT2D eigenvalue weighted by molar-refractivity contribution is 7.89. The second-order valence-electron chi connectivity index (χ2n) is 3.36. The molecule has 16 heavy (non-hydrogen) atoms. The van der Waals surface area contributed by atoms with Crippen LogP contribution in [0.25, 0.3) is 0 Å². The smallest absolute Gasteiger partial charge is 0.215 e. The SMILES string of the molecule is CCNCCS(=O)(=O)N(C)Cc1ncn[nH]1. The zero-order chi connectivity index (χ0) is 12.0. The first kappa shape index (κ1) is 13.1. The molecule has 0 amide bonds. The zero-order valence-corrected chi connectivity index (χ0v) is 10.3. The van der Waals surface area contributed by atoms with Gasteiger partial charge >= 0.3 is 0 Å². The molecule has 1 aromatic heterocycles. The van der Waals surface area contributed by atoms with E-state index >= 15 is 0 Å². The summed E-state index contributed by atoms with van der Waals surface area (Å²) < 4.78 is 24.8. The molecule has 8 heteroatoms. The van der Waals surface area contributed by atoms with Gasteiger partial charge in [-0.15, -0.1) is 0 Å². The highest BCUT2D eigenvalue weighted by Crippen LogP contribution is 2.02. The Morgan fingerprint density at radius 3 is 2.88 bits per heavy atom. The fourth-order valence-corrected chi connectivity index (χ4v) is 2.18. The van der Waals surface area contributed by atoms with Crippen molar-refractivity contribution in [1.82, 2.24) is 24.8 Å². The molecule has 0 atom stereocenters. The first-order valence-corrected chi connectivity index (χ1v) is 6.66.